The molecule has 0 unspecified atom stereocenters. The van der Waals surface area contributed by atoms with Crippen LogP contribution in [0.1, 0.15) is 16.8 Å². The fraction of sp³-hybridized carbons (Fsp3) is 0.214. The highest BCUT2D eigenvalue weighted by Crippen LogP contribution is 2.23. The Hall–Kier alpha value is -1.92. The molecule has 4 heteroatoms. The molecule has 92 valence electrons. The van der Waals surface area contributed by atoms with Gasteiger partial charge in [-0.2, -0.15) is 5.26 Å². The van der Waals surface area contributed by atoms with E-state index in [1.807, 2.05) is 49.0 Å². The highest BCUT2D eigenvalue weighted by atomic mass is 35.5. The molecule has 18 heavy (non-hydrogen) atoms. The molecule has 0 fully saturated rings. The van der Waals surface area contributed by atoms with Gasteiger partial charge in [-0.1, -0.05) is 17.7 Å². The number of aryl methyl sites for hydroxylation is 2. The predicted octanol–water partition coefficient (Wildman–Crippen LogP) is 3.47. The van der Waals surface area contributed by atoms with Crippen molar-refractivity contribution in [2.24, 2.45) is 7.05 Å². The molecule has 0 saturated heterocycles. The first-order valence-corrected chi connectivity index (χ1v) is 6.03. The second-order valence-electron chi connectivity index (χ2n) is 4.29. The number of anilines is 1. The molecular formula is C14H14ClN3. The first-order valence-electron chi connectivity index (χ1n) is 5.65. The average molecular weight is 260 g/mol. The van der Waals surface area contributed by atoms with Gasteiger partial charge in [-0.15, -0.1) is 0 Å². The molecule has 0 atom stereocenters. The van der Waals surface area contributed by atoms with Crippen LogP contribution in [0.2, 0.25) is 5.02 Å². The van der Waals surface area contributed by atoms with Crippen molar-refractivity contribution in [3.8, 4) is 6.07 Å². The summed E-state index contributed by atoms with van der Waals surface area (Å²) in [5.74, 6) is 0. The number of hydrogen-bond acceptors (Lipinski definition) is 2. The summed E-state index contributed by atoms with van der Waals surface area (Å²) >= 11 is 6.14. The lowest BCUT2D eigenvalue weighted by Gasteiger charge is -2.07. The van der Waals surface area contributed by atoms with Crippen LogP contribution in [0, 0.1) is 18.3 Å². The Kier molecular flexibility index (Phi) is 3.59. The van der Waals surface area contributed by atoms with Gasteiger partial charge in [0.2, 0.25) is 0 Å². The lowest BCUT2D eigenvalue weighted by Crippen LogP contribution is -1.99. The summed E-state index contributed by atoms with van der Waals surface area (Å²) in [6, 6.07) is 9.92. The van der Waals surface area contributed by atoms with Gasteiger partial charge in [0.1, 0.15) is 11.8 Å². The standard InChI is InChI=1S/C14H14ClN3/c1-10-3-4-14(13(15)5-10)17-8-11-6-12(7-16)18(2)9-11/h3-6,9,17H,8H2,1-2H3. The van der Waals surface area contributed by atoms with Crippen molar-refractivity contribution >= 4 is 17.3 Å². The Morgan fingerprint density at radius 3 is 2.78 bits per heavy atom. The third-order valence-corrected chi connectivity index (χ3v) is 3.10. The second kappa shape index (κ2) is 5.16. The van der Waals surface area contributed by atoms with Crippen LogP contribution in [0.5, 0.6) is 0 Å². The van der Waals surface area contributed by atoms with E-state index in [0.29, 0.717) is 17.3 Å². The van der Waals surface area contributed by atoms with Gasteiger partial charge in [0.05, 0.1) is 10.7 Å². The maximum Gasteiger partial charge on any atom is 0.120 e. The lowest BCUT2D eigenvalue weighted by molar-refractivity contribution is 0.902. The first-order chi connectivity index (χ1) is 8.60. The van der Waals surface area contributed by atoms with Crippen LogP contribution in [0.3, 0.4) is 0 Å². The summed E-state index contributed by atoms with van der Waals surface area (Å²) in [6.45, 7) is 2.66. The van der Waals surface area contributed by atoms with Crippen LogP contribution in [-0.2, 0) is 13.6 Å². The number of hydrogen-bond donors (Lipinski definition) is 1. The Bertz CT molecular complexity index is 608. The second-order valence-corrected chi connectivity index (χ2v) is 4.70. The zero-order valence-electron chi connectivity index (χ0n) is 10.4. The fourth-order valence-corrected chi connectivity index (χ4v) is 2.10. The molecule has 0 aliphatic heterocycles. The van der Waals surface area contributed by atoms with E-state index < -0.39 is 0 Å². The molecule has 0 aliphatic rings. The van der Waals surface area contributed by atoms with Crippen molar-refractivity contribution < 1.29 is 0 Å². The number of nitriles is 1. The Morgan fingerprint density at radius 1 is 1.39 bits per heavy atom. The average Bonchev–Trinajstić information content (AvgIpc) is 2.69. The third kappa shape index (κ3) is 2.66. The summed E-state index contributed by atoms with van der Waals surface area (Å²) < 4.78 is 1.81. The minimum Gasteiger partial charge on any atom is -0.380 e. The van der Waals surface area contributed by atoms with E-state index in [9.17, 15) is 0 Å². The van der Waals surface area contributed by atoms with E-state index in [2.05, 4.69) is 11.4 Å². The van der Waals surface area contributed by atoms with E-state index in [0.717, 1.165) is 16.8 Å². The normalized spacial score (nSPS) is 10.1. The summed E-state index contributed by atoms with van der Waals surface area (Å²) in [5, 5.41) is 12.9. The maximum absolute atomic E-state index is 8.88. The zero-order chi connectivity index (χ0) is 13.1. The monoisotopic (exact) mass is 259 g/mol. The molecule has 1 aromatic carbocycles. The summed E-state index contributed by atoms with van der Waals surface area (Å²) in [5.41, 5.74) is 3.76. The van der Waals surface area contributed by atoms with Gasteiger partial charge in [-0.25, -0.2) is 0 Å². The smallest absolute Gasteiger partial charge is 0.120 e. The third-order valence-electron chi connectivity index (χ3n) is 2.78. The van der Waals surface area contributed by atoms with E-state index in [4.69, 9.17) is 16.9 Å². The molecule has 0 aliphatic carbocycles. The summed E-state index contributed by atoms with van der Waals surface area (Å²) in [7, 11) is 1.86. The topological polar surface area (TPSA) is 40.8 Å². The molecule has 0 spiro atoms. The van der Waals surface area contributed by atoms with Gasteiger partial charge >= 0.3 is 0 Å². The molecule has 1 heterocycles. The molecule has 1 aromatic heterocycles. The van der Waals surface area contributed by atoms with Crippen molar-refractivity contribution in [3.63, 3.8) is 0 Å². The van der Waals surface area contributed by atoms with Crippen LogP contribution in [0.4, 0.5) is 5.69 Å². The number of benzene rings is 1. The molecule has 0 bridgehead atoms. The Balaban J connectivity index is 2.09. The highest BCUT2D eigenvalue weighted by molar-refractivity contribution is 6.33. The van der Waals surface area contributed by atoms with Crippen molar-refractivity contribution in [3.05, 3.63) is 52.3 Å². The lowest BCUT2D eigenvalue weighted by atomic mass is 10.2. The van der Waals surface area contributed by atoms with Crippen molar-refractivity contribution in [1.29, 1.82) is 5.26 Å². The largest absolute Gasteiger partial charge is 0.380 e. The van der Waals surface area contributed by atoms with Crippen molar-refractivity contribution in [1.82, 2.24) is 4.57 Å². The van der Waals surface area contributed by atoms with E-state index in [1.54, 1.807) is 0 Å². The minimum absolute atomic E-state index is 0.651. The van der Waals surface area contributed by atoms with Gasteiger partial charge in [0, 0.05) is 19.8 Å². The number of halogens is 1. The van der Waals surface area contributed by atoms with Crippen LogP contribution in [0.15, 0.2) is 30.5 Å². The van der Waals surface area contributed by atoms with E-state index in [1.165, 1.54) is 0 Å². The van der Waals surface area contributed by atoms with Crippen LogP contribution >= 0.6 is 11.6 Å². The molecule has 0 saturated carbocycles. The van der Waals surface area contributed by atoms with Gasteiger partial charge in [0.25, 0.3) is 0 Å². The van der Waals surface area contributed by atoms with Crippen molar-refractivity contribution in [2.75, 3.05) is 5.32 Å². The quantitative estimate of drug-likeness (QED) is 0.917. The minimum atomic E-state index is 0.651. The maximum atomic E-state index is 8.88. The fourth-order valence-electron chi connectivity index (χ4n) is 1.80. The molecule has 0 radical (unpaired) electrons. The number of aromatic nitrogens is 1. The SMILES string of the molecule is Cc1ccc(NCc2cc(C#N)n(C)c2)c(Cl)c1. The molecule has 3 nitrogen and oxygen atoms in total. The summed E-state index contributed by atoms with van der Waals surface area (Å²) in [4.78, 5) is 0. The number of nitrogens with zero attached hydrogens (tertiary/aromatic N) is 2. The van der Waals surface area contributed by atoms with E-state index >= 15 is 0 Å². The molecule has 1 N–H and O–H groups in total. The van der Waals surface area contributed by atoms with Gasteiger partial charge < -0.3 is 9.88 Å². The molecule has 2 rings (SSSR count). The van der Waals surface area contributed by atoms with Gasteiger partial charge in [-0.3, -0.25) is 0 Å². The Morgan fingerprint density at radius 2 is 2.17 bits per heavy atom. The van der Waals surface area contributed by atoms with Gasteiger partial charge in [0.15, 0.2) is 0 Å². The highest BCUT2D eigenvalue weighted by Gasteiger charge is 2.04. The molecule has 0 amide bonds. The van der Waals surface area contributed by atoms with Crippen LogP contribution in [-0.4, -0.2) is 4.57 Å². The van der Waals surface area contributed by atoms with Crippen LogP contribution in [0.25, 0.3) is 0 Å². The van der Waals surface area contributed by atoms with Gasteiger partial charge in [-0.05, 0) is 36.2 Å². The zero-order valence-corrected chi connectivity index (χ0v) is 11.1. The predicted molar refractivity (Wildman–Crippen MR) is 73.6 cm³/mol. The molecular weight excluding hydrogens is 246 g/mol. The number of nitrogens with one attached hydrogen (secondary N) is 1. The van der Waals surface area contributed by atoms with E-state index in [-0.39, 0.29) is 0 Å². The number of rotatable bonds is 3. The molecule has 2 aromatic rings. The van der Waals surface area contributed by atoms with Crippen LogP contribution < -0.4 is 5.32 Å². The summed E-state index contributed by atoms with van der Waals surface area (Å²) in [6.07, 6.45) is 1.94. The Labute approximate surface area is 112 Å². The first kappa shape index (κ1) is 12.5. The van der Waals surface area contributed by atoms with Crippen molar-refractivity contribution in [2.45, 2.75) is 13.5 Å².